The van der Waals surface area contributed by atoms with Crippen molar-refractivity contribution in [1.29, 1.82) is 0 Å². The van der Waals surface area contributed by atoms with E-state index in [9.17, 15) is 0 Å². The molecule has 0 aliphatic carbocycles. The zero-order valence-electron chi connectivity index (χ0n) is 7.09. The van der Waals surface area contributed by atoms with Gasteiger partial charge in [-0.05, 0) is 24.6 Å². The van der Waals surface area contributed by atoms with E-state index >= 15 is 0 Å². The molecule has 0 radical (unpaired) electrons. The first kappa shape index (κ1) is 7.86. The van der Waals surface area contributed by atoms with Gasteiger partial charge >= 0.3 is 0 Å². The molecule has 1 aromatic rings. The zero-order valence-corrected chi connectivity index (χ0v) is 7.09. The zero-order chi connectivity index (χ0) is 8.43. The molecule has 1 heteroatoms. The first-order valence-electron chi connectivity index (χ1n) is 3.62. The second-order valence-corrected chi connectivity index (χ2v) is 2.59. The third kappa shape index (κ3) is 1.14. The van der Waals surface area contributed by atoms with Crippen molar-refractivity contribution < 1.29 is 0 Å². The van der Waals surface area contributed by atoms with Gasteiger partial charge < -0.3 is 4.57 Å². The van der Waals surface area contributed by atoms with E-state index < -0.39 is 0 Å². The van der Waals surface area contributed by atoms with Gasteiger partial charge in [-0.1, -0.05) is 19.2 Å². The number of aryl methyl sites for hydroxylation is 1. The first-order valence-corrected chi connectivity index (χ1v) is 3.62. The number of rotatable bonds is 2. The van der Waals surface area contributed by atoms with Gasteiger partial charge in [0.1, 0.15) is 0 Å². The van der Waals surface area contributed by atoms with Crippen molar-refractivity contribution in [2.45, 2.75) is 6.92 Å². The van der Waals surface area contributed by atoms with Crippen molar-refractivity contribution in [2.75, 3.05) is 0 Å². The average molecular weight is 147 g/mol. The molecule has 0 spiro atoms. The molecule has 0 saturated carbocycles. The SMILES string of the molecule is C=Cc1cc(C)n(C)c1C=C. The van der Waals surface area contributed by atoms with Crippen molar-refractivity contribution in [3.63, 3.8) is 0 Å². The van der Waals surface area contributed by atoms with Gasteiger partial charge in [0.2, 0.25) is 0 Å². The second-order valence-electron chi connectivity index (χ2n) is 2.59. The third-order valence-electron chi connectivity index (χ3n) is 1.96. The monoisotopic (exact) mass is 147 g/mol. The maximum absolute atomic E-state index is 3.75. The number of hydrogen-bond acceptors (Lipinski definition) is 0. The van der Waals surface area contributed by atoms with E-state index in [-0.39, 0.29) is 0 Å². The summed E-state index contributed by atoms with van der Waals surface area (Å²) in [5, 5.41) is 0. The molecule has 0 amide bonds. The lowest BCUT2D eigenvalue weighted by molar-refractivity contribution is 0.871. The van der Waals surface area contributed by atoms with Crippen LogP contribution in [0.25, 0.3) is 12.2 Å². The number of nitrogens with zero attached hydrogens (tertiary/aromatic N) is 1. The minimum absolute atomic E-state index is 1.14. The molecule has 1 aromatic heterocycles. The molecule has 11 heavy (non-hydrogen) atoms. The fraction of sp³-hybridized carbons (Fsp3) is 0.200. The van der Waals surface area contributed by atoms with E-state index in [1.54, 1.807) is 0 Å². The molecule has 1 rings (SSSR count). The predicted molar refractivity (Wildman–Crippen MR) is 50.3 cm³/mol. The Bertz CT molecular complexity index is 292. The molecular formula is C10H13N. The Morgan fingerprint density at radius 2 is 2.00 bits per heavy atom. The Morgan fingerprint density at radius 3 is 2.36 bits per heavy atom. The standard InChI is InChI=1S/C10H13N/c1-5-9-7-8(3)11(4)10(9)6-2/h5-7H,1-2H2,3-4H3. The van der Waals surface area contributed by atoms with Crippen LogP contribution in [0.4, 0.5) is 0 Å². The van der Waals surface area contributed by atoms with Crippen molar-refractivity contribution >= 4 is 12.2 Å². The van der Waals surface area contributed by atoms with E-state index in [0.29, 0.717) is 0 Å². The normalized spacial score (nSPS) is 9.64. The Balaban J connectivity index is 3.37. The molecule has 0 bridgehead atoms. The molecule has 1 nitrogen and oxygen atoms in total. The van der Waals surface area contributed by atoms with Gasteiger partial charge in [0.05, 0.1) is 0 Å². The Morgan fingerprint density at radius 1 is 1.36 bits per heavy atom. The van der Waals surface area contributed by atoms with Gasteiger partial charge in [-0.25, -0.2) is 0 Å². The quantitative estimate of drug-likeness (QED) is 0.606. The highest BCUT2D eigenvalue weighted by molar-refractivity contribution is 5.62. The van der Waals surface area contributed by atoms with Gasteiger partial charge in [-0.2, -0.15) is 0 Å². The predicted octanol–water partition coefficient (Wildman–Crippen LogP) is 2.62. The third-order valence-corrected chi connectivity index (χ3v) is 1.96. The Labute approximate surface area is 67.7 Å². The highest BCUT2D eigenvalue weighted by Crippen LogP contribution is 2.15. The number of aromatic nitrogens is 1. The minimum Gasteiger partial charge on any atom is -0.348 e. The van der Waals surface area contributed by atoms with Crippen molar-refractivity contribution in [3.8, 4) is 0 Å². The van der Waals surface area contributed by atoms with Crippen LogP contribution >= 0.6 is 0 Å². The second kappa shape index (κ2) is 2.79. The van der Waals surface area contributed by atoms with Crippen LogP contribution in [0, 0.1) is 6.92 Å². The molecule has 0 aliphatic rings. The Hall–Kier alpha value is -1.24. The summed E-state index contributed by atoms with van der Waals surface area (Å²) >= 11 is 0. The van der Waals surface area contributed by atoms with Crippen LogP contribution in [-0.2, 0) is 7.05 Å². The highest BCUT2D eigenvalue weighted by atomic mass is 14.9. The summed E-state index contributed by atoms with van der Waals surface area (Å²) in [6.45, 7) is 9.55. The summed E-state index contributed by atoms with van der Waals surface area (Å²) in [4.78, 5) is 0. The molecule has 58 valence electrons. The summed E-state index contributed by atoms with van der Waals surface area (Å²) in [5.41, 5.74) is 3.52. The van der Waals surface area contributed by atoms with Gasteiger partial charge in [0.25, 0.3) is 0 Å². The van der Waals surface area contributed by atoms with Gasteiger partial charge in [0.15, 0.2) is 0 Å². The van der Waals surface area contributed by atoms with E-state index in [1.165, 1.54) is 5.69 Å². The van der Waals surface area contributed by atoms with Crippen LogP contribution in [0.5, 0.6) is 0 Å². The van der Waals surface area contributed by atoms with E-state index in [4.69, 9.17) is 0 Å². The molecular weight excluding hydrogens is 134 g/mol. The average Bonchev–Trinajstić information content (AvgIpc) is 2.28. The van der Waals surface area contributed by atoms with Crippen LogP contribution in [0.15, 0.2) is 19.2 Å². The van der Waals surface area contributed by atoms with Crippen LogP contribution in [-0.4, -0.2) is 4.57 Å². The molecule has 0 fully saturated rings. The van der Waals surface area contributed by atoms with Crippen LogP contribution in [0.2, 0.25) is 0 Å². The molecule has 0 atom stereocenters. The maximum atomic E-state index is 3.75. The highest BCUT2D eigenvalue weighted by Gasteiger charge is 2.02. The fourth-order valence-electron chi connectivity index (χ4n) is 1.20. The molecule has 1 heterocycles. The summed E-state index contributed by atoms with van der Waals surface area (Å²) in [6, 6.07) is 2.10. The topological polar surface area (TPSA) is 4.93 Å². The van der Waals surface area contributed by atoms with Crippen LogP contribution in [0.3, 0.4) is 0 Å². The Kier molecular flexibility index (Phi) is 1.99. The lowest BCUT2D eigenvalue weighted by Gasteiger charge is -1.99. The molecule has 0 aliphatic heterocycles. The van der Waals surface area contributed by atoms with Crippen molar-refractivity contribution in [2.24, 2.45) is 7.05 Å². The summed E-state index contributed by atoms with van der Waals surface area (Å²) in [7, 11) is 2.03. The molecule has 0 aromatic carbocycles. The lowest BCUT2D eigenvalue weighted by Crippen LogP contribution is -1.92. The minimum atomic E-state index is 1.14. The van der Waals surface area contributed by atoms with E-state index in [2.05, 4.69) is 30.7 Å². The summed E-state index contributed by atoms with van der Waals surface area (Å²) in [6.07, 6.45) is 3.70. The number of hydrogen-bond donors (Lipinski definition) is 0. The fourth-order valence-corrected chi connectivity index (χ4v) is 1.20. The first-order chi connectivity index (χ1) is 5.20. The summed E-state index contributed by atoms with van der Waals surface area (Å²) < 4.78 is 2.10. The lowest BCUT2D eigenvalue weighted by atomic mass is 10.2. The van der Waals surface area contributed by atoms with Gasteiger partial charge in [-0.15, -0.1) is 0 Å². The maximum Gasteiger partial charge on any atom is 0.0473 e. The van der Waals surface area contributed by atoms with Gasteiger partial charge in [-0.3, -0.25) is 0 Å². The molecule has 0 saturated heterocycles. The largest absolute Gasteiger partial charge is 0.348 e. The van der Waals surface area contributed by atoms with Gasteiger partial charge in [0, 0.05) is 18.4 Å². The van der Waals surface area contributed by atoms with Crippen molar-refractivity contribution in [3.05, 3.63) is 36.2 Å². The smallest absolute Gasteiger partial charge is 0.0473 e. The molecule has 0 N–H and O–H groups in total. The van der Waals surface area contributed by atoms with E-state index in [1.807, 2.05) is 19.2 Å². The van der Waals surface area contributed by atoms with Crippen LogP contribution < -0.4 is 0 Å². The molecule has 0 unspecified atom stereocenters. The van der Waals surface area contributed by atoms with Crippen LogP contribution in [0.1, 0.15) is 17.0 Å². The summed E-state index contributed by atoms with van der Waals surface area (Å²) in [5.74, 6) is 0. The van der Waals surface area contributed by atoms with Crippen molar-refractivity contribution in [1.82, 2.24) is 4.57 Å². The van der Waals surface area contributed by atoms with E-state index in [0.717, 1.165) is 11.3 Å².